The second kappa shape index (κ2) is 8.41. The molecular weight excluding hydrogens is 402 g/mol. The second-order valence-corrected chi connectivity index (χ2v) is 9.48. The van der Waals surface area contributed by atoms with Crippen LogP contribution in [0.15, 0.2) is 31.2 Å². The molecule has 0 aliphatic heterocycles. The number of hydrogen-bond donors (Lipinski definition) is 2. The van der Waals surface area contributed by atoms with Gasteiger partial charge in [0.1, 0.15) is 17.1 Å². The lowest BCUT2D eigenvalue weighted by molar-refractivity contribution is 0.102. The highest BCUT2D eigenvalue weighted by atomic mass is 16.1. The second-order valence-electron chi connectivity index (χ2n) is 9.48. The molecule has 3 heterocycles. The molecule has 0 saturated heterocycles. The fraction of sp³-hybridized carbons (Fsp3) is 0.500. The number of nitrogens with zero attached hydrogens (tertiary/aromatic N) is 5. The number of nitrogens with one attached hydrogen (secondary N) is 2. The van der Waals surface area contributed by atoms with Gasteiger partial charge < -0.3 is 10.6 Å². The monoisotopic (exact) mass is 433 g/mol. The SMILES string of the molecule is C=C(C)c1nn([C@H]2CC[C@H](C)CC2)cc1NC(=O)c1cnn2ccc(NCC3CC3)nc12. The number of carbonyl (C=O) groups excluding carboxylic acids is 1. The van der Waals surface area contributed by atoms with Crippen molar-refractivity contribution in [3.8, 4) is 0 Å². The van der Waals surface area contributed by atoms with Crippen molar-refractivity contribution in [3.05, 3.63) is 42.5 Å². The number of anilines is 2. The summed E-state index contributed by atoms with van der Waals surface area (Å²) in [5.74, 6) is 2.03. The first-order valence-corrected chi connectivity index (χ1v) is 11.6. The number of fused-ring (bicyclic) bond motifs is 1. The first-order chi connectivity index (χ1) is 15.5. The third kappa shape index (κ3) is 4.26. The van der Waals surface area contributed by atoms with E-state index >= 15 is 0 Å². The minimum atomic E-state index is -0.244. The van der Waals surface area contributed by atoms with Crippen LogP contribution in [0.1, 0.15) is 74.5 Å². The first-order valence-electron chi connectivity index (χ1n) is 11.6. The topological polar surface area (TPSA) is 89.1 Å². The summed E-state index contributed by atoms with van der Waals surface area (Å²) in [7, 11) is 0. The van der Waals surface area contributed by atoms with E-state index in [2.05, 4.69) is 34.2 Å². The maximum atomic E-state index is 13.2. The lowest BCUT2D eigenvalue weighted by atomic mass is 9.87. The number of aromatic nitrogens is 5. The van der Waals surface area contributed by atoms with Crippen LogP contribution in [0.25, 0.3) is 11.2 Å². The Hall–Kier alpha value is -3.16. The molecule has 2 N–H and O–H groups in total. The summed E-state index contributed by atoms with van der Waals surface area (Å²) in [6.45, 7) is 9.20. The molecule has 8 nitrogen and oxygen atoms in total. The molecule has 2 fully saturated rings. The third-order valence-electron chi connectivity index (χ3n) is 6.63. The third-order valence-corrected chi connectivity index (χ3v) is 6.63. The van der Waals surface area contributed by atoms with E-state index < -0.39 is 0 Å². The summed E-state index contributed by atoms with van der Waals surface area (Å²) in [6, 6.07) is 2.26. The maximum Gasteiger partial charge on any atom is 0.261 e. The quantitative estimate of drug-likeness (QED) is 0.559. The lowest BCUT2D eigenvalue weighted by Crippen LogP contribution is -2.17. The molecule has 0 aromatic carbocycles. The minimum Gasteiger partial charge on any atom is -0.370 e. The Morgan fingerprint density at radius 1 is 1.22 bits per heavy atom. The number of allylic oxidation sites excluding steroid dienone is 1. The molecule has 0 atom stereocenters. The zero-order valence-electron chi connectivity index (χ0n) is 18.8. The summed E-state index contributed by atoms with van der Waals surface area (Å²) in [5, 5.41) is 15.5. The van der Waals surface area contributed by atoms with Crippen LogP contribution in [0.3, 0.4) is 0 Å². The molecule has 32 heavy (non-hydrogen) atoms. The summed E-state index contributed by atoms with van der Waals surface area (Å²) < 4.78 is 3.64. The highest BCUT2D eigenvalue weighted by Crippen LogP contribution is 2.34. The molecular formula is C24H31N7O. The van der Waals surface area contributed by atoms with E-state index in [1.165, 1.54) is 25.7 Å². The standard InChI is InChI=1S/C24H31N7O/c1-15(2)22-20(14-31(29-22)18-8-4-16(3)5-9-18)27-24(32)19-13-26-30-11-10-21(28-23(19)30)25-12-17-6-7-17/h10-11,13-14,16-18H,1,4-9,12H2,2-3H3,(H,25,28)(H,27,32)/t16-,18-. The van der Waals surface area contributed by atoms with Crippen LogP contribution in [-0.2, 0) is 0 Å². The van der Waals surface area contributed by atoms with E-state index in [1.54, 1.807) is 10.7 Å². The minimum absolute atomic E-state index is 0.244. The Balaban J connectivity index is 1.37. The van der Waals surface area contributed by atoms with Gasteiger partial charge in [-0.25, -0.2) is 9.50 Å². The van der Waals surface area contributed by atoms with Crippen LogP contribution in [0.2, 0.25) is 0 Å². The predicted octanol–water partition coefficient (Wildman–Crippen LogP) is 4.78. The van der Waals surface area contributed by atoms with Gasteiger partial charge >= 0.3 is 0 Å². The van der Waals surface area contributed by atoms with Gasteiger partial charge in [-0.1, -0.05) is 13.5 Å². The van der Waals surface area contributed by atoms with Crippen molar-refractivity contribution in [2.75, 3.05) is 17.2 Å². The molecule has 2 aliphatic carbocycles. The fourth-order valence-electron chi connectivity index (χ4n) is 4.38. The molecule has 0 bridgehead atoms. The summed E-state index contributed by atoms with van der Waals surface area (Å²) in [5.41, 5.74) is 3.21. The smallest absolute Gasteiger partial charge is 0.261 e. The average Bonchev–Trinajstić information content (AvgIpc) is 3.36. The molecule has 8 heteroatoms. The van der Waals surface area contributed by atoms with Crippen molar-refractivity contribution in [1.82, 2.24) is 24.4 Å². The summed E-state index contributed by atoms with van der Waals surface area (Å²) in [4.78, 5) is 17.8. The van der Waals surface area contributed by atoms with Crippen molar-refractivity contribution in [1.29, 1.82) is 0 Å². The van der Waals surface area contributed by atoms with E-state index in [4.69, 9.17) is 5.10 Å². The molecule has 2 aliphatic rings. The summed E-state index contributed by atoms with van der Waals surface area (Å²) in [6.07, 6.45) is 12.5. The van der Waals surface area contributed by atoms with E-state index in [0.29, 0.717) is 22.9 Å². The lowest BCUT2D eigenvalue weighted by Gasteiger charge is -2.26. The van der Waals surface area contributed by atoms with Crippen molar-refractivity contribution in [2.45, 2.75) is 58.4 Å². The average molecular weight is 434 g/mol. The van der Waals surface area contributed by atoms with Gasteiger partial charge in [0.2, 0.25) is 0 Å². The van der Waals surface area contributed by atoms with Gasteiger partial charge in [0.05, 0.1) is 17.9 Å². The number of rotatable bonds is 7. The van der Waals surface area contributed by atoms with Crippen molar-refractivity contribution in [3.63, 3.8) is 0 Å². The van der Waals surface area contributed by atoms with Gasteiger partial charge in [0.25, 0.3) is 5.91 Å². The van der Waals surface area contributed by atoms with Crippen molar-refractivity contribution >= 4 is 28.6 Å². The molecule has 1 amide bonds. The van der Waals surface area contributed by atoms with Crippen LogP contribution < -0.4 is 10.6 Å². The Kier molecular flexibility index (Phi) is 5.45. The fourth-order valence-corrected chi connectivity index (χ4v) is 4.38. The van der Waals surface area contributed by atoms with Crippen LogP contribution in [0.4, 0.5) is 11.5 Å². The summed E-state index contributed by atoms with van der Waals surface area (Å²) >= 11 is 0. The van der Waals surface area contributed by atoms with Gasteiger partial charge in [-0.2, -0.15) is 10.2 Å². The molecule has 5 rings (SSSR count). The van der Waals surface area contributed by atoms with Gasteiger partial charge in [-0.05, 0) is 68.9 Å². The molecule has 0 radical (unpaired) electrons. The van der Waals surface area contributed by atoms with E-state index in [9.17, 15) is 4.79 Å². The highest BCUT2D eigenvalue weighted by molar-refractivity contribution is 6.09. The predicted molar refractivity (Wildman–Crippen MR) is 126 cm³/mol. The van der Waals surface area contributed by atoms with E-state index in [1.807, 2.05) is 30.1 Å². The molecule has 2 saturated carbocycles. The Morgan fingerprint density at radius 2 is 2.00 bits per heavy atom. The van der Waals surface area contributed by atoms with Gasteiger partial charge in [-0.3, -0.25) is 9.48 Å². The number of carbonyl (C=O) groups is 1. The van der Waals surface area contributed by atoms with E-state index in [-0.39, 0.29) is 5.91 Å². The first kappa shape index (κ1) is 20.7. The zero-order valence-corrected chi connectivity index (χ0v) is 18.8. The molecule has 168 valence electrons. The Labute approximate surface area is 188 Å². The molecule has 3 aromatic rings. The van der Waals surface area contributed by atoms with Crippen molar-refractivity contribution < 1.29 is 4.79 Å². The maximum absolute atomic E-state index is 13.2. The Bertz CT molecular complexity index is 1150. The largest absolute Gasteiger partial charge is 0.370 e. The van der Waals surface area contributed by atoms with Gasteiger partial charge in [-0.15, -0.1) is 0 Å². The molecule has 0 spiro atoms. The van der Waals surface area contributed by atoms with Gasteiger partial charge in [0.15, 0.2) is 5.65 Å². The van der Waals surface area contributed by atoms with Gasteiger partial charge in [0, 0.05) is 18.9 Å². The van der Waals surface area contributed by atoms with Crippen molar-refractivity contribution in [2.24, 2.45) is 11.8 Å². The number of amides is 1. The normalized spacial score (nSPS) is 20.9. The van der Waals surface area contributed by atoms with Crippen LogP contribution in [-0.4, -0.2) is 36.8 Å². The molecule has 3 aromatic heterocycles. The molecule has 0 unspecified atom stereocenters. The number of hydrogen-bond acceptors (Lipinski definition) is 5. The van der Waals surface area contributed by atoms with Crippen LogP contribution >= 0.6 is 0 Å². The van der Waals surface area contributed by atoms with Crippen LogP contribution in [0.5, 0.6) is 0 Å². The van der Waals surface area contributed by atoms with Crippen LogP contribution in [0, 0.1) is 11.8 Å². The Morgan fingerprint density at radius 3 is 2.72 bits per heavy atom. The highest BCUT2D eigenvalue weighted by Gasteiger charge is 2.24. The van der Waals surface area contributed by atoms with E-state index in [0.717, 1.165) is 48.3 Å². The zero-order chi connectivity index (χ0) is 22.2.